The van der Waals surface area contributed by atoms with Crippen molar-refractivity contribution in [2.45, 2.75) is 25.3 Å². The summed E-state index contributed by atoms with van der Waals surface area (Å²) < 4.78 is 0. The molecule has 8 heavy (non-hydrogen) atoms. The fourth-order valence-electron chi connectivity index (χ4n) is 1.34. The second-order valence-electron chi connectivity index (χ2n) is 2.57. The van der Waals surface area contributed by atoms with Crippen LogP contribution < -0.4 is 0 Å². The largest absolute Gasteiger partial charge is 0.303 e. The zero-order valence-corrected chi connectivity index (χ0v) is 5.56. The molecule has 0 unspecified atom stereocenters. The summed E-state index contributed by atoms with van der Waals surface area (Å²) in [6.45, 7) is 5.15. The van der Waals surface area contributed by atoms with Crippen LogP contribution in [0.25, 0.3) is 0 Å². The van der Waals surface area contributed by atoms with Crippen LogP contribution in [0.15, 0.2) is 0 Å². The second-order valence-corrected chi connectivity index (χ2v) is 2.57. The summed E-state index contributed by atoms with van der Waals surface area (Å²) in [7, 11) is 2.18. The van der Waals surface area contributed by atoms with Gasteiger partial charge in [0.05, 0.1) is 0 Å². The van der Waals surface area contributed by atoms with Crippen LogP contribution in [0.3, 0.4) is 0 Å². The van der Waals surface area contributed by atoms with Crippen molar-refractivity contribution in [3.63, 3.8) is 0 Å². The monoisotopic (exact) mass is 112 g/mol. The fourth-order valence-corrected chi connectivity index (χ4v) is 1.34. The average Bonchev–Trinajstić information content (AvgIpc) is 2.14. The highest BCUT2D eigenvalue weighted by molar-refractivity contribution is 4.76. The third kappa shape index (κ3) is 1.03. The molecular weight excluding hydrogens is 98.1 g/mol. The van der Waals surface area contributed by atoms with Crippen molar-refractivity contribution in [3.8, 4) is 0 Å². The van der Waals surface area contributed by atoms with Crippen molar-refractivity contribution >= 4 is 0 Å². The lowest BCUT2D eigenvalue weighted by molar-refractivity contribution is 0.312. The summed E-state index contributed by atoms with van der Waals surface area (Å²) in [5.41, 5.74) is 0. The molecule has 0 spiro atoms. The second kappa shape index (κ2) is 2.49. The number of hydrogen-bond acceptors (Lipinski definition) is 1. The van der Waals surface area contributed by atoms with Gasteiger partial charge in [-0.15, -0.1) is 0 Å². The van der Waals surface area contributed by atoms with Crippen LogP contribution in [0.2, 0.25) is 0 Å². The molecule has 0 N–H and O–H groups in total. The Balaban J connectivity index is 2.30. The van der Waals surface area contributed by atoms with Gasteiger partial charge in [0, 0.05) is 6.04 Å². The molecule has 0 aromatic rings. The molecule has 0 bridgehead atoms. The Kier molecular flexibility index (Phi) is 1.90. The van der Waals surface area contributed by atoms with Gasteiger partial charge in [-0.05, 0) is 32.9 Å². The Hall–Kier alpha value is -0.0400. The first-order valence-corrected chi connectivity index (χ1v) is 3.34. The summed E-state index contributed by atoms with van der Waals surface area (Å²) in [6.07, 6.45) is 3.81. The van der Waals surface area contributed by atoms with E-state index < -0.39 is 0 Å². The molecule has 0 amide bonds. The maximum Gasteiger partial charge on any atom is 0.00926 e. The van der Waals surface area contributed by atoms with E-state index in [1.54, 1.807) is 0 Å². The number of hydrogen-bond donors (Lipinski definition) is 0. The molecule has 1 heterocycles. The molecule has 1 aliphatic rings. The molecule has 1 radical (unpaired) electrons. The van der Waals surface area contributed by atoms with Crippen molar-refractivity contribution in [1.29, 1.82) is 0 Å². The van der Waals surface area contributed by atoms with E-state index in [1.165, 1.54) is 19.4 Å². The smallest absolute Gasteiger partial charge is 0.00926 e. The summed E-state index contributed by atoms with van der Waals surface area (Å²) >= 11 is 0. The molecule has 1 nitrogen and oxygen atoms in total. The fraction of sp³-hybridized carbons (Fsp3) is 0.857. The maximum absolute atomic E-state index is 3.88. The number of nitrogens with zero attached hydrogens (tertiary/aromatic N) is 1. The Morgan fingerprint density at radius 2 is 2.50 bits per heavy atom. The van der Waals surface area contributed by atoms with E-state index in [0.29, 0.717) is 0 Å². The maximum atomic E-state index is 3.88. The molecule has 47 valence electrons. The highest BCUT2D eigenvalue weighted by Gasteiger charge is 2.17. The summed E-state index contributed by atoms with van der Waals surface area (Å²) in [4.78, 5) is 2.40. The molecule has 0 aromatic heterocycles. The van der Waals surface area contributed by atoms with Gasteiger partial charge in [-0.1, -0.05) is 6.92 Å². The van der Waals surface area contributed by atoms with Crippen molar-refractivity contribution in [2.24, 2.45) is 0 Å². The van der Waals surface area contributed by atoms with E-state index in [0.717, 1.165) is 12.5 Å². The lowest BCUT2D eigenvalue weighted by Gasteiger charge is -2.16. The van der Waals surface area contributed by atoms with Gasteiger partial charge in [0.2, 0.25) is 0 Å². The predicted molar refractivity (Wildman–Crippen MR) is 35.6 cm³/mol. The first-order chi connectivity index (χ1) is 3.84. The first kappa shape index (κ1) is 6.09. The normalized spacial score (nSPS) is 31.5. The quantitative estimate of drug-likeness (QED) is 0.494. The minimum atomic E-state index is 0.787. The van der Waals surface area contributed by atoms with E-state index in [1.807, 2.05) is 0 Å². The molecule has 1 rings (SSSR count). The van der Waals surface area contributed by atoms with Crippen LogP contribution in [0.5, 0.6) is 0 Å². The highest BCUT2D eigenvalue weighted by atomic mass is 15.1. The Morgan fingerprint density at radius 3 is 2.75 bits per heavy atom. The Morgan fingerprint density at radius 1 is 1.75 bits per heavy atom. The molecule has 0 aliphatic carbocycles. The van der Waals surface area contributed by atoms with Gasteiger partial charge in [-0.25, -0.2) is 0 Å². The van der Waals surface area contributed by atoms with E-state index in [2.05, 4.69) is 18.9 Å². The minimum absolute atomic E-state index is 0.787. The van der Waals surface area contributed by atoms with E-state index in [-0.39, 0.29) is 0 Å². The molecule has 1 fully saturated rings. The van der Waals surface area contributed by atoms with E-state index in [4.69, 9.17) is 0 Å². The van der Waals surface area contributed by atoms with Gasteiger partial charge < -0.3 is 4.90 Å². The predicted octanol–water partition coefficient (Wildman–Crippen LogP) is 1.30. The third-order valence-corrected chi connectivity index (χ3v) is 2.00. The molecule has 1 heteroatoms. The van der Waals surface area contributed by atoms with Crippen LogP contribution in [0, 0.1) is 6.92 Å². The molecule has 1 atom stereocenters. The summed E-state index contributed by atoms with van der Waals surface area (Å²) in [5, 5.41) is 0. The van der Waals surface area contributed by atoms with Crippen LogP contribution in [-0.2, 0) is 0 Å². The van der Waals surface area contributed by atoms with E-state index >= 15 is 0 Å². The molecular formula is C7H14N. The van der Waals surface area contributed by atoms with Gasteiger partial charge >= 0.3 is 0 Å². The van der Waals surface area contributed by atoms with Crippen molar-refractivity contribution < 1.29 is 0 Å². The molecule has 1 saturated heterocycles. The lowest BCUT2D eigenvalue weighted by atomic mass is 10.2. The van der Waals surface area contributed by atoms with Gasteiger partial charge in [-0.3, -0.25) is 0 Å². The highest BCUT2D eigenvalue weighted by Crippen LogP contribution is 2.16. The zero-order valence-electron chi connectivity index (χ0n) is 5.56. The van der Waals surface area contributed by atoms with Crippen LogP contribution >= 0.6 is 0 Å². The van der Waals surface area contributed by atoms with Gasteiger partial charge in [0.1, 0.15) is 0 Å². The van der Waals surface area contributed by atoms with Gasteiger partial charge in [0.15, 0.2) is 0 Å². The van der Waals surface area contributed by atoms with Crippen LogP contribution in [-0.4, -0.2) is 24.5 Å². The van der Waals surface area contributed by atoms with Crippen molar-refractivity contribution in [3.05, 3.63) is 6.92 Å². The number of rotatable bonds is 1. The van der Waals surface area contributed by atoms with E-state index in [9.17, 15) is 0 Å². The molecule has 0 saturated carbocycles. The lowest BCUT2D eigenvalue weighted by Crippen LogP contribution is -2.23. The van der Waals surface area contributed by atoms with Crippen molar-refractivity contribution in [2.75, 3.05) is 13.6 Å². The molecule has 0 aromatic carbocycles. The van der Waals surface area contributed by atoms with Crippen LogP contribution in [0.4, 0.5) is 0 Å². The Labute approximate surface area is 51.7 Å². The minimum Gasteiger partial charge on any atom is -0.303 e. The number of likely N-dealkylation sites (tertiary alicyclic amines) is 1. The molecule has 1 aliphatic heterocycles. The topological polar surface area (TPSA) is 3.24 Å². The Bertz CT molecular complexity index is 70.8. The average molecular weight is 112 g/mol. The zero-order chi connectivity index (χ0) is 5.98. The van der Waals surface area contributed by atoms with Crippen LogP contribution in [0.1, 0.15) is 19.3 Å². The van der Waals surface area contributed by atoms with Gasteiger partial charge in [0.25, 0.3) is 0 Å². The standard InChI is InChI=1S/C7H14N/c1-3-7-5-4-6-8(7)2/h7H,1,3-6H2,2H3/t7-/m0/s1. The van der Waals surface area contributed by atoms with Gasteiger partial charge in [-0.2, -0.15) is 0 Å². The summed E-state index contributed by atoms with van der Waals surface area (Å²) in [6, 6.07) is 0.787. The SMILES string of the molecule is [CH2]C[C@H]1CCCN1C. The first-order valence-electron chi connectivity index (χ1n) is 3.34. The van der Waals surface area contributed by atoms with Crippen molar-refractivity contribution in [1.82, 2.24) is 4.90 Å². The third-order valence-electron chi connectivity index (χ3n) is 2.00. The summed E-state index contributed by atoms with van der Waals surface area (Å²) in [5.74, 6) is 0.